The number of hydrogen-bond donors (Lipinski definition) is 0. The smallest absolute Gasteiger partial charge is 0.101 e. The molecule has 0 saturated carbocycles. The second kappa shape index (κ2) is 6.59. The van der Waals surface area contributed by atoms with Crippen LogP contribution in [0.25, 0.3) is 0 Å². The molecule has 2 atom stereocenters. The summed E-state index contributed by atoms with van der Waals surface area (Å²) < 4.78 is 8.94. The first-order valence-electron chi connectivity index (χ1n) is 5.93. The summed E-state index contributed by atoms with van der Waals surface area (Å²) in [7, 11) is 0. The van der Waals surface area contributed by atoms with E-state index in [1.54, 1.807) is 0 Å². The number of hydrogen-bond acceptors (Lipinski definition) is 2. The van der Waals surface area contributed by atoms with Crippen LogP contribution in [0.3, 0.4) is 0 Å². The molecule has 0 saturated heterocycles. The zero-order chi connectivity index (χ0) is 12.1. The number of rotatable bonds is 6. The molecule has 0 fully saturated rings. The highest BCUT2D eigenvalue weighted by Crippen LogP contribution is 2.17. The van der Waals surface area contributed by atoms with Gasteiger partial charge < -0.3 is 4.74 Å². The quantitative estimate of drug-likeness (QED) is 0.740. The highest BCUT2D eigenvalue weighted by Gasteiger charge is 2.11. The van der Waals surface area contributed by atoms with E-state index in [1.807, 2.05) is 4.68 Å². The Bertz CT molecular complexity index is 325. The van der Waals surface area contributed by atoms with Crippen molar-refractivity contribution in [1.82, 2.24) is 9.78 Å². The first kappa shape index (κ1) is 14.0. The lowest BCUT2D eigenvalue weighted by molar-refractivity contribution is 0.0481. The van der Waals surface area contributed by atoms with Crippen molar-refractivity contribution in [3.8, 4) is 0 Å². The maximum Gasteiger partial charge on any atom is 0.101 e. The highest BCUT2D eigenvalue weighted by atomic mass is 127. The van der Waals surface area contributed by atoms with Crippen molar-refractivity contribution in [2.45, 2.75) is 59.3 Å². The van der Waals surface area contributed by atoms with Crippen LogP contribution in [0.5, 0.6) is 0 Å². The van der Waals surface area contributed by atoms with E-state index < -0.39 is 0 Å². The van der Waals surface area contributed by atoms with Gasteiger partial charge in [0.2, 0.25) is 0 Å². The SMILES string of the molecule is CC[C@@H](C)n1cc(I)c(CO[C@@H](C)CC)n1. The Hall–Kier alpha value is -0.100. The van der Waals surface area contributed by atoms with Crippen LogP contribution in [0.1, 0.15) is 52.3 Å². The van der Waals surface area contributed by atoms with Gasteiger partial charge in [-0.2, -0.15) is 5.10 Å². The minimum absolute atomic E-state index is 0.310. The Labute approximate surface area is 112 Å². The third kappa shape index (κ3) is 3.73. The van der Waals surface area contributed by atoms with Crippen LogP contribution in [-0.4, -0.2) is 15.9 Å². The molecule has 1 rings (SSSR count). The Morgan fingerprint density at radius 3 is 2.62 bits per heavy atom. The summed E-state index contributed by atoms with van der Waals surface area (Å²) in [5, 5.41) is 4.57. The Balaban J connectivity index is 2.63. The van der Waals surface area contributed by atoms with E-state index in [2.05, 4.69) is 61.6 Å². The molecule has 1 aromatic rings. The van der Waals surface area contributed by atoms with Crippen LogP contribution in [0.4, 0.5) is 0 Å². The molecule has 0 aromatic carbocycles. The molecule has 92 valence electrons. The first-order valence-corrected chi connectivity index (χ1v) is 7.01. The summed E-state index contributed by atoms with van der Waals surface area (Å²) in [4.78, 5) is 0. The van der Waals surface area contributed by atoms with Gasteiger partial charge in [-0.15, -0.1) is 0 Å². The topological polar surface area (TPSA) is 27.1 Å². The average molecular weight is 336 g/mol. The van der Waals surface area contributed by atoms with Crippen LogP contribution in [0.2, 0.25) is 0 Å². The van der Waals surface area contributed by atoms with Crippen LogP contribution in [0, 0.1) is 3.57 Å². The summed E-state index contributed by atoms with van der Waals surface area (Å²) in [5.74, 6) is 0. The van der Waals surface area contributed by atoms with Gasteiger partial charge in [-0.3, -0.25) is 4.68 Å². The summed E-state index contributed by atoms with van der Waals surface area (Å²) >= 11 is 2.33. The van der Waals surface area contributed by atoms with E-state index in [4.69, 9.17) is 4.74 Å². The third-order valence-electron chi connectivity index (χ3n) is 2.88. The minimum atomic E-state index is 0.310. The maximum atomic E-state index is 5.70. The molecule has 1 heterocycles. The van der Waals surface area contributed by atoms with Crippen molar-refractivity contribution in [3.63, 3.8) is 0 Å². The molecule has 0 aliphatic rings. The fourth-order valence-electron chi connectivity index (χ4n) is 1.26. The van der Waals surface area contributed by atoms with E-state index >= 15 is 0 Å². The van der Waals surface area contributed by atoms with E-state index in [0.717, 1.165) is 18.5 Å². The highest BCUT2D eigenvalue weighted by molar-refractivity contribution is 14.1. The summed E-state index contributed by atoms with van der Waals surface area (Å²) in [6.07, 6.45) is 4.56. The lowest BCUT2D eigenvalue weighted by Crippen LogP contribution is -2.08. The van der Waals surface area contributed by atoms with E-state index in [1.165, 1.54) is 3.57 Å². The molecule has 0 aliphatic heterocycles. The van der Waals surface area contributed by atoms with Crippen LogP contribution in [0.15, 0.2) is 6.20 Å². The van der Waals surface area contributed by atoms with Crippen molar-refractivity contribution < 1.29 is 4.74 Å². The molecule has 16 heavy (non-hydrogen) atoms. The van der Waals surface area contributed by atoms with Gasteiger partial charge in [0.05, 0.1) is 16.3 Å². The molecule has 1 aromatic heterocycles. The molecule has 3 nitrogen and oxygen atoms in total. The number of nitrogens with zero attached hydrogens (tertiary/aromatic N) is 2. The molecule has 0 spiro atoms. The average Bonchev–Trinajstić information content (AvgIpc) is 2.66. The van der Waals surface area contributed by atoms with Crippen LogP contribution < -0.4 is 0 Å². The second-order valence-corrected chi connectivity index (χ2v) is 5.35. The Morgan fingerprint density at radius 2 is 2.06 bits per heavy atom. The lowest BCUT2D eigenvalue weighted by atomic mass is 10.3. The molecule has 0 unspecified atom stereocenters. The van der Waals surface area contributed by atoms with Gasteiger partial charge in [-0.05, 0) is 49.3 Å². The molecule has 0 bridgehead atoms. The van der Waals surface area contributed by atoms with Gasteiger partial charge in [-0.25, -0.2) is 0 Å². The molecule has 0 radical (unpaired) electrons. The zero-order valence-electron chi connectivity index (χ0n) is 10.5. The largest absolute Gasteiger partial charge is 0.372 e. The van der Waals surface area contributed by atoms with Gasteiger partial charge in [0.1, 0.15) is 5.69 Å². The van der Waals surface area contributed by atoms with Gasteiger partial charge in [0.15, 0.2) is 0 Å². The summed E-state index contributed by atoms with van der Waals surface area (Å²) in [6.45, 7) is 9.21. The number of ether oxygens (including phenoxy) is 1. The van der Waals surface area contributed by atoms with Crippen LogP contribution in [-0.2, 0) is 11.3 Å². The zero-order valence-corrected chi connectivity index (χ0v) is 12.7. The lowest BCUT2D eigenvalue weighted by Gasteiger charge is -2.10. The van der Waals surface area contributed by atoms with Crippen molar-refractivity contribution in [3.05, 3.63) is 15.5 Å². The van der Waals surface area contributed by atoms with Gasteiger partial charge in [0.25, 0.3) is 0 Å². The Morgan fingerprint density at radius 1 is 1.38 bits per heavy atom. The first-order chi connectivity index (χ1) is 7.58. The molecule has 0 amide bonds. The monoisotopic (exact) mass is 336 g/mol. The van der Waals surface area contributed by atoms with Gasteiger partial charge in [-0.1, -0.05) is 13.8 Å². The predicted molar refractivity (Wildman–Crippen MR) is 74.5 cm³/mol. The molecule has 0 aliphatic carbocycles. The van der Waals surface area contributed by atoms with Crippen molar-refractivity contribution >= 4 is 22.6 Å². The fourth-order valence-corrected chi connectivity index (χ4v) is 1.81. The molecule has 0 N–H and O–H groups in total. The molecular weight excluding hydrogens is 315 g/mol. The van der Waals surface area contributed by atoms with Crippen LogP contribution >= 0.6 is 22.6 Å². The summed E-state index contributed by atoms with van der Waals surface area (Å²) in [6, 6.07) is 0.464. The van der Waals surface area contributed by atoms with Crippen molar-refractivity contribution in [2.24, 2.45) is 0 Å². The van der Waals surface area contributed by atoms with E-state index in [0.29, 0.717) is 18.8 Å². The van der Waals surface area contributed by atoms with E-state index in [-0.39, 0.29) is 0 Å². The predicted octanol–water partition coefficient (Wildman–Crippen LogP) is 3.77. The van der Waals surface area contributed by atoms with E-state index in [9.17, 15) is 0 Å². The third-order valence-corrected chi connectivity index (χ3v) is 3.78. The molecular formula is C12H21IN2O. The second-order valence-electron chi connectivity index (χ2n) is 4.19. The fraction of sp³-hybridized carbons (Fsp3) is 0.750. The van der Waals surface area contributed by atoms with Gasteiger partial charge >= 0.3 is 0 Å². The molecule has 4 heteroatoms. The minimum Gasteiger partial charge on any atom is -0.372 e. The van der Waals surface area contributed by atoms with Crippen molar-refractivity contribution in [1.29, 1.82) is 0 Å². The van der Waals surface area contributed by atoms with Gasteiger partial charge in [0, 0.05) is 12.2 Å². The summed E-state index contributed by atoms with van der Waals surface area (Å²) in [5.41, 5.74) is 1.06. The number of halogens is 1. The normalized spacial score (nSPS) is 15.1. The maximum absolute atomic E-state index is 5.70. The van der Waals surface area contributed by atoms with Crippen molar-refractivity contribution in [2.75, 3.05) is 0 Å². The number of aromatic nitrogens is 2. The standard InChI is InChI=1S/C12H21IN2O/c1-5-9(3)15-7-11(13)12(14-15)8-16-10(4)6-2/h7,9-10H,5-6,8H2,1-4H3/t9-,10+/m1/s1. The Kier molecular flexibility index (Phi) is 5.75.